The zero-order valence-corrected chi connectivity index (χ0v) is 19.1. The Kier molecular flexibility index (Phi) is 12.6. The van der Waals surface area contributed by atoms with Crippen LogP contribution < -0.4 is 5.73 Å². The number of aliphatic carboxylic acids is 4. The number of carboxylic acid groups (broad SMARTS) is 4. The molecule has 184 valence electrons. The number of nitrogens with zero attached hydrogens (tertiary/aromatic N) is 2. The van der Waals surface area contributed by atoms with Crippen molar-refractivity contribution in [3.05, 3.63) is 52.2 Å². The lowest BCUT2D eigenvalue weighted by molar-refractivity contribution is -0.159. The average molecular weight is 494 g/mol. The summed E-state index contributed by atoms with van der Waals surface area (Å²) in [6.45, 7) is 3.80. The van der Waals surface area contributed by atoms with Gasteiger partial charge in [0.05, 0.1) is 10.6 Å². The highest BCUT2D eigenvalue weighted by Crippen LogP contribution is 2.17. The fraction of sp³-hybridized carbons (Fsp3) is 0.318. The lowest BCUT2D eigenvalue weighted by Crippen LogP contribution is -2.20. The maximum absolute atomic E-state index is 9.10. The minimum atomic E-state index is -1.82. The first-order valence-electron chi connectivity index (χ1n) is 10.2. The maximum atomic E-state index is 9.10. The van der Waals surface area contributed by atoms with Crippen LogP contribution in [-0.2, 0) is 25.6 Å². The number of rotatable bonds is 6. The molecule has 3 rings (SSSR count). The Morgan fingerprint density at radius 1 is 0.882 bits per heavy atom. The molecule has 0 bridgehead atoms. The SMILES string of the molecule is NC(=Nc1ccc(CCCN2CCCC2)cc1)c1cccs1.O=C(O)C(=O)O.O=C(O)C(=O)O. The van der Waals surface area contributed by atoms with Crippen LogP contribution in [0, 0.1) is 0 Å². The Balaban J connectivity index is 0.000000401. The lowest BCUT2D eigenvalue weighted by Gasteiger charge is -2.13. The topological polar surface area (TPSA) is 191 Å². The lowest BCUT2D eigenvalue weighted by atomic mass is 10.1. The summed E-state index contributed by atoms with van der Waals surface area (Å²) in [6, 6.07) is 12.5. The number of likely N-dealkylation sites (tertiary alicyclic amines) is 1. The largest absolute Gasteiger partial charge is 0.473 e. The van der Waals surface area contributed by atoms with Gasteiger partial charge in [-0.25, -0.2) is 24.2 Å². The van der Waals surface area contributed by atoms with Gasteiger partial charge in [0.2, 0.25) is 0 Å². The van der Waals surface area contributed by atoms with E-state index >= 15 is 0 Å². The van der Waals surface area contributed by atoms with Gasteiger partial charge in [-0.1, -0.05) is 18.2 Å². The molecular weight excluding hydrogens is 466 g/mol. The Bertz CT molecular complexity index is 921. The number of amidine groups is 1. The van der Waals surface area contributed by atoms with E-state index in [2.05, 4.69) is 34.2 Å². The number of thiophene rings is 1. The second-order valence-corrected chi connectivity index (χ2v) is 7.96. The summed E-state index contributed by atoms with van der Waals surface area (Å²) >= 11 is 1.62. The number of aryl methyl sites for hydroxylation is 1. The quantitative estimate of drug-likeness (QED) is 0.226. The van der Waals surface area contributed by atoms with Gasteiger partial charge in [-0.05, 0) is 74.5 Å². The third-order valence-corrected chi connectivity index (χ3v) is 5.36. The molecule has 0 radical (unpaired) electrons. The summed E-state index contributed by atoms with van der Waals surface area (Å²) in [4.78, 5) is 44.5. The van der Waals surface area contributed by atoms with E-state index in [1.165, 1.54) is 44.5 Å². The van der Waals surface area contributed by atoms with Crippen LogP contribution >= 0.6 is 11.3 Å². The monoisotopic (exact) mass is 493 g/mol. The summed E-state index contributed by atoms with van der Waals surface area (Å²) in [7, 11) is 0. The third-order valence-electron chi connectivity index (χ3n) is 4.46. The van der Waals surface area contributed by atoms with Crippen molar-refractivity contribution < 1.29 is 39.6 Å². The number of nitrogens with two attached hydrogens (primary N) is 1. The zero-order chi connectivity index (χ0) is 25.5. The van der Waals surface area contributed by atoms with Crippen LogP contribution in [0.4, 0.5) is 5.69 Å². The fourth-order valence-corrected chi connectivity index (χ4v) is 3.50. The van der Waals surface area contributed by atoms with Gasteiger partial charge in [-0.3, -0.25) is 0 Å². The van der Waals surface area contributed by atoms with Crippen molar-refractivity contribution in [1.82, 2.24) is 4.90 Å². The second-order valence-electron chi connectivity index (χ2n) is 7.01. The Labute approximate surface area is 199 Å². The summed E-state index contributed by atoms with van der Waals surface area (Å²) < 4.78 is 0. The van der Waals surface area contributed by atoms with E-state index in [0.29, 0.717) is 5.84 Å². The first-order chi connectivity index (χ1) is 16.1. The predicted octanol–water partition coefficient (Wildman–Crippen LogP) is 2.12. The van der Waals surface area contributed by atoms with Gasteiger partial charge in [0.15, 0.2) is 0 Å². The van der Waals surface area contributed by atoms with Gasteiger partial charge in [0.25, 0.3) is 0 Å². The Hall–Kier alpha value is -3.77. The highest BCUT2D eigenvalue weighted by atomic mass is 32.1. The van der Waals surface area contributed by atoms with Crippen LogP contribution in [0.25, 0.3) is 0 Å². The number of benzene rings is 1. The van der Waals surface area contributed by atoms with Crippen molar-refractivity contribution >= 4 is 46.7 Å². The molecule has 1 aromatic carbocycles. The average Bonchev–Trinajstić information content (AvgIpc) is 3.50. The molecule has 2 aromatic rings. The normalized spacial score (nSPS) is 13.1. The van der Waals surface area contributed by atoms with E-state index < -0.39 is 23.9 Å². The molecule has 1 fully saturated rings. The standard InChI is InChI=1S/C18H23N3S.2C2H2O4/c19-18(17-6-4-14-22-17)20-16-9-7-15(8-10-16)5-3-13-21-11-1-2-12-21;2*3-1(4)2(5)6/h4,6-10,14H,1-3,5,11-13H2,(H2,19,20);2*(H,3,4)(H,5,6). The second kappa shape index (κ2) is 15.1. The smallest absolute Gasteiger partial charge is 0.414 e. The van der Waals surface area contributed by atoms with Crippen molar-refractivity contribution in [1.29, 1.82) is 0 Å². The van der Waals surface area contributed by atoms with E-state index in [9.17, 15) is 0 Å². The fourth-order valence-electron chi connectivity index (χ4n) is 2.87. The van der Waals surface area contributed by atoms with Crippen molar-refractivity contribution in [3.8, 4) is 0 Å². The van der Waals surface area contributed by atoms with Crippen LogP contribution in [0.3, 0.4) is 0 Å². The van der Waals surface area contributed by atoms with Gasteiger partial charge in [0, 0.05) is 0 Å². The van der Waals surface area contributed by atoms with Crippen molar-refractivity contribution in [2.24, 2.45) is 10.7 Å². The summed E-state index contributed by atoms with van der Waals surface area (Å²) in [5, 5.41) is 31.6. The third kappa shape index (κ3) is 11.7. The molecule has 1 aromatic heterocycles. The number of aliphatic imine (C=N–C) groups is 1. The molecule has 0 amide bonds. The van der Waals surface area contributed by atoms with Gasteiger partial charge < -0.3 is 31.1 Å². The molecule has 2 heterocycles. The van der Waals surface area contributed by atoms with Crippen molar-refractivity contribution in [2.75, 3.05) is 19.6 Å². The van der Waals surface area contributed by atoms with Crippen molar-refractivity contribution in [3.63, 3.8) is 0 Å². The highest BCUT2D eigenvalue weighted by Gasteiger charge is 2.10. The Morgan fingerprint density at radius 3 is 1.85 bits per heavy atom. The molecule has 0 aliphatic carbocycles. The van der Waals surface area contributed by atoms with E-state index in [0.717, 1.165) is 17.0 Å². The van der Waals surface area contributed by atoms with Crippen LogP contribution in [-0.4, -0.2) is 74.7 Å². The molecule has 1 aliphatic rings. The molecule has 1 saturated heterocycles. The minimum absolute atomic E-state index is 0.594. The van der Waals surface area contributed by atoms with Gasteiger partial charge in [-0.2, -0.15) is 0 Å². The minimum Gasteiger partial charge on any atom is -0.473 e. The number of hydrogen-bond acceptors (Lipinski definition) is 7. The van der Waals surface area contributed by atoms with Crippen LogP contribution in [0.1, 0.15) is 29.7 Å². The predicted molar refractivity (Wildman–Crippen MR) is 126 cm³/mol. The summed E-state index contributed by atoms with van der Waals surface area (Å²) in [5.41, 5.74) is 8.32. The van der Waals surface area contributed by atoms with Gasteiger partial charge in [-0.15, -0.1) is 11.3 Å². The van der Waals surface area contributed by atoms with E-state index in [4.69, 9.17) is 45.3 Å². The molecule has 1 aliphatic heterocycles. The number of hydrogen-bond donors (Lipinski definition) is 5. The molecule has 12 heteroatoms. The first-order valence-corrected chi connectivity index (χ1v) is 11.1. The highest BCUT2D eigenvalue weighted by molar-refractivity contribution is 7.12. The molecule has 34 heavy (non-hydrogen) atoms. The summed E-state index contributed by atoms with van der Waals surface area (Å²) in [6.07, 6.45) is 5.12. The molecule has 11 nitrogen and oxygen atoms in total. The summed E-state index contributed by atoms with van der Waals surface area (Å²) in [5.74, 6) is -6.70. The van der Waals surface area contributed by atoms with Crippen LogP contribution in [0.5, 0.6) is 0 Å². The van der Waals surface area contributed by atoms with Gasteiger partial charge >= 0.3 is 23.9 Å². The molecule has 0 spiro atoms. The molecule has 0 atom stereocenters. The van der Waals surface area contributed by atoms with Crippen molar-refractivity contribution in [2.45, 2.75) is 25.7 Å². The maximum Gasteiger partial charge on any atom is 0.414 e. The molecule has 6 N–H and O–H groups in total. The van der Waals surface area contributed by atoms with E-state index in [1.54, 1.807) is 11.3 Å². The Morgan fingerprint density at radius 2 is 1.41 bits per heavy atom. The molecular formula is C22H27N3O8S. The molecule has 0 saturated carbocycles. The van der Waals surface area contributed by atoms with Crippen LogP contribution in [0.2, 0.25) is 0 Å². The first kappa shape index (κ1) is 28.3. The number of carboxylic acids is 4. The van der Waals surface area contributed by atoms with E-state index in [-0.39, 0.29) is 0 Å². The van der Waals surface area contributed by atoms with Crippen LogP contribution in [0.15, 0.2) is 46.8 Å². The van der Waals surface area contributed by atoms with E-state index in [1.807, 2.05) is 17.5 Å². The molecule has 0 unspecified atom stereocenters. The number of carbonyl (C=O) groups is 4. The van der Waals surface area contributed by atoms with Gasteiger partial charge in [0.1, 0.15) is 5.84 Å². The zero-order valence-electron chi connectivity index (χ0n) is 18.3.